The van der Waals surface area contributed by atoms with Gasteiger partial charge in [0.05, 0.1) is 33.8 Å². The van der Waals surface area contributed by atoms with Gasteiger partial charge in [-0.3, -0.25) is 4.79 Å². The minimum Gasteiger partial charge on any atom is -0.463 e. The fourth-order valence-corrected chi connectivity index (χ4v) is 2.41. The monoisotopic (exact) mass is 300 g/mol. The molecule has 0 saturated carbocycles. The second kappa shape index (κ2) is 12.0. The van der Waals surface area contributed by atoms with Crippen molar-refractivity contribution in [2.24, 2.45) is 0 Å². The summed E-state index contributed by atoms with van der Waals surface area (Å²) in [5.74, 6) is -0.0396. The molecule has 0 saturated heterocycles. The molecule has 0 aromatic carbocycles. The molecule has 0 aliphatic heterocycles. The van der Waals surface area contributed by atoms with Gasteiger partial charge in [-0.05, 0) is 33.1 Å². The Kier molecular flexibility index (Phi) is 11.7. The van der Waals surface area contributed by atoms with Gasteiger partial charge in [0.25, 0.3) is 0 Å². The molecule has 0 amide bonds. The van der Waals surface area contributed by atoms with Gasteiger partial charge in [0.2, 0.25) is 0 Å². The highest BCUT2D eigenvalue weighted by Gasteiger charge is 2.05. The van der Waals surface area contributed by atoms with E-state index in [0.717, 1.165) is 17.3 Å². The Morgan fingerprint density at radius 2 is 1.24 bits per heavy atom. The molecule has 3 heteroatoms. The predicted octanol–water partition coefficient (Wildman–Crippen LogP) is 4.55. The maximum absolute atomic E-state index is 11.3. The number of carbonyl (C=O) groups is 1. The summed E-state index contributed by atoms with van der Waals surface area (Å²) >= 11 is 0. The van der Waals surface area contributed by atoms with Crippen LogP contribution in [0.25, 0.3) is 0 Å². The van der Waals surface area contributed by atoms with Crippen LogP contribution in [0.5, 0.6) is 0 Å². The number of esters is 1. The van der Waals surface area contributed by atoms with E-state index in [4.69, 9.17) is 4.74 Å². The Balaban J connectivity index is 3.18. The summed E-state index contributed by atoms with van der Waals surface area (Å²) in [5, 5.41) is 0. The predicted molar refractivity (Wildman–Crippen MR) is 90.3 cm³/mol. The molecule has 21 heavy (non-hydrogen) atoms. The molecular formula is C18H38NO2+. The van der Waals surface area contributed by atoms with E-state index in [1.165, 1.54) is 51.5 Å². The van der Waals surface area contributed by atoms with E-state index in [2.05, 4.69) is 21.1 Å². The molecule has 0 spiro atoms. The Morgan fingerprint density at radius 3 is 1.67 bits per heavy atom. The van der Waals surface area contributed by atoms with Crippen LogP contribution in [0.3, 0.4) is 0 Å². The van der Waals surface area contributed by atoms with Crippen LogP contribution in [-0.2, 0) is 9.53 Å². The van der Waals surface area contributed by atoms with Crippen molar-refractivity contribution < 1.29 is 14.0 Å². The summed E-state index contributed by atoms with van der Waals surface area (Å²) < 4.78 is 6.20. The fourth-order valence-electron chi connectivity index (χ4n) is 2.41. The first-order chi connectivity index (χ1) is 9.81. The van der Waals surface area contributed by atoms with Gasteiger partial charge in [-0.2, -0.15) is 0 Å². The van der Waals surface area contributed by atoms with Gasteiger partial charge in [-0.1, -0.05) is 38.5 Å². The van der Waals surface area contributed by atoms with Crippen molar-refractivity contribution in [3.8, 4) is 0 Å². The lowest BCUT2D eigenvalue weighted by Gasteiger charge is -2.23. The van der Waals surface area contributed by atoms with Crippen molar-refractivity contribution in [2.45, 2.75) is 84.2 Å². The normalized spacial score (nSPS) is 11.9. The van der Waals surface area contributed by atoms with Crippen molar-refractivity contribution in [1.29, 1.82) is 0 Å². The molecule has 0 aromatic heterocycles. The van der Waals surface area contributed by atoms with Crippen LogP contribution >= 0.6 is 0 Å². The molecule has 0 aliphatic carbocycles. The lowest BCUT2D eigenvalue weighted by molar-refractivity contribution is -0.870. The van der Waals surface area contributed by atoms with E-state index in [9.17, 15) is 4.79 Å². The van der Waals surface area contributed by atoms with E-state index in [1.54, 1.807) is 0 Å². The van der Waals surface area contributed by atoms with Crippen molar-refractivity contribution in [2.75, 3.05) is 27.7 Å². The average Bonchev–Trinajstić information content (AvgIpc) is 2.33. The maximum Gasteiger partial charge on any atom is 0.306 e. The quantitative estimate of drug-likeness (QED) is 0.283. The summed E-state index contributed by atoms with van der Waals surface area (Å²) in [5.41, 5.74) is 0. The lowest BCUT2D eigenvalue weighted by Crippen LogP contribution is -2.35. The van der Waals surface area contributed by atoms with Crippen LogP contribution < -0.4 is 0 Å². The fraction of sp³-hybridized carbons (Fsp3) is 0.944. The van der Waals surface area contributed by atoms with Crippen LogP contribution in [0.1, 0.15) is 78.1 Å². The highest BCUT2D eigenvalue weighted by Crippen LogP contribution is 2.11. The first-order valence-corrected chi connectivity index (χ1v) is 8.81. The van der Waals surface area contributed by atoms with Crippen molar-refractivity contribution in [3.05, 3.63) is 0 Å². The number of hydrogen-bond donors (Lipinski definition) is 0. The molecule has 0 bridgehead atoms. The van der Waals surface area contributed by atoms with Crippen molar-refractivity contribution in [1.82, 2.24) is 0 Å². The van der Waals surface area contributed by atoms with Crippen LogP contribution in [0, 0.1) is 0 Å². The summed E-state index contributed by atoms with van der Waals surface area (Å²) in [7, 11) is 6.78. The maximum atomic E-state index is 11.3. The van der Waals surface area contributed by atoms with E-state index >= 15 is 0 Å². The summed E-state index contributed by atoms with van der Waals surface area (Å²) in [6.45, 7) is 5.09. The molecule has 0 aromatic rings. The third kappa shape index (κ3) is 17.4. The number of rotatable bonds is 13. The molecule has 0 N–H and O–H groups in total. The molecule has 0 rings (SSSR count). The highest BCUT2D eigenvalue weighted by molar-refractivity contribution is 5.69. The van der Waals surface area contributed by atoms with E-state index in [0.29, 0.717) is 6.42 Å². The molecule has 0 heterocycles. The second-order valence-electron chi connectivity index (χ2n) is 7.48. The van der Waals surface area contributed by atoms with Gasteiger partial charge >= 0.3 is 5.97 Å². The average molecular weight is 301 g/mol. The molecule has 0 aliphatic rings. The molecule has 3 nitrogen and oxygen atoms in total. The number of unbranched alkanes of at least 4 members (excludes halogenated alkanes) is 8. The molecule has 0 atom stereocenters. The highest BCUT2D eigenvalue weighted by atomic mass is 16.5. The zero-order valence-electron chi connectivity index (χ0n) is 15.1. The summed E-state index contributed by atoms with van der Waals surface area (Å²) in [4.78, 5) is 11.3. The molecule has 0 radical (unpaired) electrons. The third-order valence-electron chi connectivity index (χ3n) is 3.58. The number of carbonyl (C=O) groups excluding carboxylic acids is 1. The smallest absolute Gasteiger partial charge is 0.306 e. The van der Waals surface area contributed by atoms with Gasteiger partial charge in [0.1, 0.15) is 0 Å². The Hall–Kier alpha value is -0.570. The zero-order valence-corrected chi connectivity index (χ0v) is 15.1. The number of hydrogen-bond acceptors (Lipinski definition) is 2. The van der Waals surface area contributed by atoms with Crippen molar-refractivity contribution in [3.63, 3.8) is 0 Å². The first kappa shape index (κ1) is 20.4. The molecule has 0 unspecified atom stereocenters. The summed E-state index contributed by atoms with van der Waals surface area (Å²) in [6, 6.07) is 0. The minimum atomic E-state index is -0.0396. The standard InChI is InChI=1S/C18H38NO2/c1-17(2)21-18(20)15-13-11-9-7-6-8-10-12-14-16-19(3,4)5/h17H,6-16H2,1-5H3/q+1. The lowest BCUT2D eigenvalue weighted by atomic mass is 10.1. The number of nitrogens with zero attached hydrogens (tertiary/aromatic N) is 1. The first-order valence-electron chi connectivity index (χ1n) is 8.81. The minimum absolute atomic E-state index is 0.0228. The topological polar surface area (TPSA) is 26.3 Å². The van der Waals surface area contributed by atoms with Crippen LogP contribution in [0.2, 0.25) is 0 Å². The number of quaternary nitrogens is 1. The second-order valence-corrected chi connectivity index (χ2v) is 7.48. The molecule has 0 fully saturated rings. The van der Waals surface area contributed by atoms with Crippen LogP contribution in [0.15, 0.2) is 0 Å². The Morgan fingerprint density at radius 1 is 0.810 bits per heavy atom. The Labute approximate surface area is 132 Å². The van der Waals surface area contributed by atoms with Crippen LogP contribution in [-0.4, -0.2) is 44.2 Å². The van der Waals surface area contributed by atoms with Gasteiger partial charge in [-0.25, -0.2) is 0 Å². The van der Waals surface area contributed by atoms with Gasteiger partial charge in [0.15, 0.2) is 0 Å². The number of ether oxygens (including phenoxy) is 1. The van der Waals surface area contributed by atoms with E-state index < -0.39 is 0 Å². The van der Waals surface area contributed by atoms with E-state index in [1.807, 2.05) is 13.8 Å². The SMILES string of the molecule is CC(C)OC(=O)CCCCCCCCCCC[N+](C)(C)C. The Bertz CT molecular complexity index is 256. The van der Waals surface area contributed by atoms with Crippen LogP contribution in [0.4, 0.5) is 0 Å². The van der Waals surface area contributed by atoms with Gasteiger partial charge < -0.3 is 9.22 Å². The van der Waals surface area contributed by atoms with Gasteiger partial charge in [-0.15, -0.1) is 0 Å². The van der Waals surface area contributed by atoms with E-state index in [-0.39, 0.29) is 12.1 Å². The largest absolute Gasteiger partial charge is 0.463 e. The van der Waals surface area contributed by atoms with Crippen molar-refractivity contribution >= 4 is 5.97 Å². The van der Waals surface area contributed by atoms with Gasteiger partial charge in [0, 0.05) is 6.42 Å². The third-order valence-corrected chi connectivity index (χ3v) is 3.58. The molecule has 126 valence electrons. The summed E-state index contributed by atoms with van der Waals surface area (Å²) in [6.07, 6.45) is 12.1. The zero-order chi connectivity index (χ0) is 16.1. The molecular weight excluding hydrogens is 262 g/mol.